The Morgan fingerprint density at radius 1 is 0.778 bits per heavy atom. The van der Waals surface area contributed by atoms with Gasteiger partial charge in [0, 0.05) is 77.5 Å². The van der Waals surface area contributed by atoms with E-state index < -0.39 is 18.1 Å². The van der Waals surface area contributed by atoms with Crippen LogP contribution in [-0.2, 0) is 47.7 Å². The van der Waals surface area contributed by atoms with Gasteiger partial charge in [-0.15, -0.1) is 0 Å². The molecule has 4 N–H and O–H groups in total. The highest BCUT2D eigenvalue weighted by Gasteiger charge is 2.23. The average molecular weight is 643 g/mol. The number of hydrogen-bond acceptors (Lipinski definition) is 11. The molecule has 0 aromatic carbocycles. The fraction of sp³-hybridized carbons (Fsp3) is 0.733. The molecule has 0 aliphatic carbocycles. The maximum atomic E-state index is 12.1. The van der Waals surface area contributed by atoms with Crippen molar-refractivity contribution >= 4 is 35.3 Å². The molecule has 0 radical (unpaired) electrons. The monoisotopic (exact) mass is 642 g/mol. The number of ether oxygens (including phenoxy) is 4. The number of ketones is 1. The van der Waals surface area contributed by atoms with Gasteiger partial charge in [-0.25, -0.2) is 0 Å². The number of hydrogen-bond donors (Lipinski definition) is 4. The summed E-state index contributed by atoms with van der Waals surface area (Å²) in [6, 6.07) is 0. The summed E-state index contributed by atoms with van der Waals surface area (Å²) < 4.78 is 21.6. The van der Waals surface area contributed by atoms with Gasteiger partial charge in [0.2, 0.25) is 17.7 Å². The minimum absolute atomic E-state index is 0.0146. The molecular weight excluding hydrogens is 592 g/mol. The lowest BCUT2D eigenvalue weighted by molar-refractivity contribution is -0.168. The maximum absolute atomic E-state index is 12.1. The molecule has 15 nitrogen and oxygen atoms in total. The summed E-state index contributed by atoms with van der Waals surface area (Å²) >= 11 is 0. The number of imide groups is 1. The zero-order valence-electron chi connectivity index (χ0n) is 26.5. The SMILES string of the molecule is CCC(CO)OC(CCCC(=O)CCCC(=O)NCCNC(=O)CCOCCOCCNC(=O)CCN1C(=O)C=CC1=O)OC. The number of amides is 5. The van der Waals surface area contributed by atoms with Gasteiger partial charge in [-0.2, -0.15) is 0 Å². The van der Waals surface area contributed by atoms with Gasteiger partial charge in [0.15, 0.2) is 6.29 Å². The number of aliphatic hydroxyl groups excluding tert-OH is 1. The first kappa shape index (κ1) is 39.8. The summed E-state index contributed by atoms with van der Waals surface area (Å²) in [7, 11) is 1.53. The molecule has 0 fully saturated rings. The Morgan fingerprint density at radius 2 is 1.36 bits per heavy atom. The lowest BCUT2D eigenvalue weighted by Crippen LogP contribution is -2.35. The predicted octanol–water partition coefficient (Wildman–Crippen LogP) is -0.257. The van der Waals surface area contributed by atoms with E-state index in [9.17, 15) is 33.9 Å². The van der Waals surface area contributed by atoms with Crippen LogP contribution in [0.2, 0.25) is 0 Å². The van der Waals surface area contributed by atoms with Crippen LogP contribution in [0.4, 0.5) is 0 Å². The topological polar surface area (TPSA) is 199 Å². The van der Waals surface area contributed by atoms with E-state index in [2.05, 4.69) is 16.0 Å². The third-order valence-electron chi connectivity index (χ3n) is 6.67. The van der Waals surface area contributed by atoms with E-state index in [1.807, 2.05) is 6.92 Å². The summed E-state index contributed by atoms with van der Waals surface area (Å²) in [5.41, 5.74) is 0. The zero-order chi connectivity index (χ0) is 33.3. The standard InChI is InChI=1S/C30H50N4O11/c1-3-24(22-35)45-30(42-2)9-5-7-23(36)6-4-8-25(37)31-14-15-32-27(39)13-18-43-20-21-44-19-16-33-26(38)12-17-34-28(40)10-11-29(34)41/h10-11,24,30,35H,3-9,12-22H2,1-2H3,(H,31,37)(H,32,39)(H,33,38). The number of nitrogens with zero attached hydrogens (tertiary/aromatic N) is 1. The Hall–Kier alpha value is -3.24. The molecule has 1 aliphatic rings. The summed E-state index contributed by atoms with van der Waals surface area (Å²) in [5, 5.41) is 17.3. The molecule has 45 heavy (non-hydrogen) atoms. The lowest BCUT2D eigenvalue weighted by Gasteiger charge is -2.21. The fourth-order valence-electron chi connectivity index (χ4n) is 4.04. The van der Waals surface area contributed by atoms with Crippen LogP contribution < -0.4 is 16.0 Å². The molecule has 0 spiro atoms. The highest BCUT2D eigenvalue weighted by molar-refractivity contribution is 6.13. The zero-order valence-corrected chi connectivity index (χ0v) is 26.5. The van der Waals surface area contributed by atoms with Gasteiger partial charge in [0.1, 0.15) is 5.78 Å². The van der Waals surface area contributed by atoms with Crippen molar-refractivity contribution in [1.82, 2.24) is 20.9 Å². The number of carbonyl (C=O) groups excluding carboxylic acids is 6. The Kier molecular flexibility index (Phi) is 22.1. The Morgan fingerprint density at radius 3 is 1.98 bits per heavy atom. The van der Waals surface area contributed by atoms with Crippen molar-refractivity contribution in [2.45, 2.75) is 77.1 Å². The molecule has 15 heteroatoms. The number of Topliss-reactive ketones (excluding diaryl/α,β-unsaturated/α-hetero) is 1. The number of aliphatic hydroxyl groups is 1. The first-order valence-electron chi connectivity index (χ1n) is 15.5. The second-order valence-electron chi connectivity index (χ2n) is 10.2. The van der Waals surface area contributed by atoms with E-state index in [1.54, 1.807) is 0 Å². The molecule has 0 saturated heterocycles. The number of methoxy groups -OCH3 is 1. The molecule has 1 heterocycles. The van der Waals surface area contributed by atoms with Gasteiger partial charge in [-0.3, -0.25) is 33.7 Å². The van der Waals surface area contributed by atoms with Gasteiger partial charge >= 0.3 is 0 Å². The highest BCUT2D eigenvalue weighted by Crippen LogP contribution is 2.12. The van der Waals surface area contributed by atoms with Crippen LogP contribution in [0.25, 0.3) is 0 Å². The van der Waals surface area contributed by atoms with Crippen LogP contribution in [0, 0.1) is 0 Å². The van der Waals surface area contributed by atoms with Crippen LogP contribution in [0.5, 0.6) is 0 Å². The van der Waals surface area contributed by atoms with Crippen molar-refractivity contribution in [2.75, 3.05) is 66.3 Å². The summed E-state index contributed by atoms with van der Waals surface area (Å²) in [5.74, 6) is -1.47. The van der Waals surface area contributed by atoms with Crippen LogP contribution in [-0.4, -0.2) is 124 Å². The number of nitrogens with one attached hydrogen (secondary N) is 3. The first-order valence-corrected chi connectivity index (χ1v) is 15.5. The van der Waals surface area contributed by atoms with Gasteiger partial charge in [0.05, 0.1) is 39.1 Å². The smallest absolute Gasteiger partial charge is 0.253 e. The van der Waals surface area contributed by atoms with Gasteiger partial charge < -0.3 is 40.0 Å². The van der Waals surface area contributed by atoms with E-state index in [-0.39, 0.29) is 108 Å². The molecular formula is C30H50N4O11. The minimum Gasteiger partial charge on any atom is -0.394 e. The average Bonchev–Trinajstić information content (AvgIpc) is 3.35. The quantitative estimate of drug-likeness (QED) is 0.0498. The van der Waals surface area contributed by atoms with Crippen molar-refractivity contribution < 1.29 is 52.8 Å². The minimum atomic E-state index is -0.464. The second-order valence-corrected chi connectivity index (χ2v) is 10.2. The Balaban J connectivity index is 1.91. The summed E-state index contributed by atoms with van der Waals surface area (Å²) in [4.78, 5) is 71.6. The van der Waals surface area contributed by atoms with Crippen LogP contribution in [0.1, 0.15) is 64.7 Å². The van der Waals surface area contributed by atoms with E-state index in [0.717, 1.165) is 4.90 Å². The Labute approximate surface area is 264 Å². The molecule has 256 valence electrons. The summed E-state index contributed by atoms with van der Waals surface area (Å²) in [6.45, 7) is 3.71. The van der Waals surface area contributed by atoms with Crippen molar-refractivity contribution in [3.63, 3.8) is 0 Å². The van der Waals surface area contributed by atoms with Gasteiger partial charge in [0.25, 0.3) is 11.8 Å². The van der Waals surface area contributed by atoms with Crippen molar-refractivity contribution in [3.05, 3.63) is 12.2 Å². The third kappa shape index (κ3) is 19.7. The molecule has 0 bridgehead atoms. The number of rotatable bonds is 28. The van der Waals surface area contributed by atoms with Crippen molar-refractivity contribution in [2.24, 2.45) is 0 Å². The highest BCUT2D eigenvalue weighted by atomic mass is 16.7. The van der Waals surface area contributed by atoms with Crippen molar-refractivity contribution in [1.29, 1.82) is 0 Å². The molecule has 2 atom stereocenters. The van der Waals surface area contributed by atoms with Crippen molar-refractivity contribution in [3.8, 4) is 0 Å². The molecule has 1 rings (SSSR count). The largest absolute Gasteiger partial charge is 0.394 e. The van der Waals surface area contributed by atoms with Crippen LogP contribution in [0.3, 0.4) is 0 Å². The molecule has 0 aromatic heterocycles. The molecule has 0 saturated carbocycles. The summed E-state index contributed by atoms with van der Waals surface area (Å²) in [6.07, 6.45) is 4.93. The van der Waals surface area contributed by atoms with Crippen LogP contribution in [0.15, 0.2) is 12.2 Å². The second kappa shape index (κ2) is 25.0. The lowest BCUT2D eigenvalue weighted by atomic mass is 10.1. The predicted molar refractivity (Wildman–Crippen MR) is 162 cm³/mol. The van der Waals surface area contributed by atoms with E-state index in [4.69, 9.17) is 18.9 Å². The van der Waals surface area contributed by atoms with Gasteiger partial charge in [-0.1, -0.05) is 6.92 Å². The van der Waals surface area contributed by atoms with E-state index in [1.165, 1.54) is 19.3 Å². The third-order valence-corrected chi connectivity index (χ3v) is 6.67. The maximum Gasteiger partial charge on any atom is 0.253 e. The van der Waals surface area contributed by atoms with Gasteiger partial charge in [-0.05, 0) is 25.7 Å². The normalized spacial score (nSPS) is 14.0. The number of carbonyl (C=O) groups is 6. The molecule has 1 aliphatic heterocycles. The Bertz CT molecular complexity index is 938. The first-order chi connectivity index (χ1) is 21.7. The fourth-order valence-corrected chi connectivity index (χ4v) is 4.04. The molecule has 0 aromatic rings. The molecule has 5 amide bonds. The van der Waals surface area contributed by atoms with Crippen LogP contribution >= 0.6 is 0 Å². The van der Waals surface area contributed by atoms with E-state index in [0.29, 0.717) is 38.5 Å². The molecule has 2 unspecified atom stereocenters. The van der Waals surface area contributed by atoms with E-state index >= 15 is 0 Å².